The van der Waals surface area contributed by atoms with E-state index in [1.807, 2.05) is 6.92 Å². The van der Waals surface area contributed by atoms with Gasteiger partial charge in [0, 0.05) is 26.2 Å². The van der Waals surface area contributed by atoms with Gasteiger partial charge in [0.1, 0.15) is 0 Å². The van der Waals surface area contributed by atoms with E-state index in [0.717, 1.165) is 69.3 Å². The molecule has 1 aromatic heterocycles. The van der Waals surface area contributed by atoms with Crippen LogP contribution in [0.5, 0.6) is 11.5 Å². The normalized spacial score (nSPS) is 17.2. The smallest absolute Gasteiger partial charge is 0.250 e. The number of nitrogens with zero attached hydrogens (tertiary/aromatic N) is 6. The molecule has 0 unspecified atom stereocenters. The topological polar surface area (TPSA) is 99.0 Å². The second-order valence-electron chi connectivity index (χ2n) is 7.88. The van der Waals surface area contributed by atoms with Gasteiger partial charge in [-0.1, -0.05) is 0 Å². The third kappa shape index (κ3) is 5.53. The van der Waals surface area contributed by atoms with Gasteiger partial charge >= 0.3 is 0 Å². The molecule has 3 heterocycles. The summed E-state index contributed by atoms with van der Waals surface area (Å²) in [4.78, 5) is 18.5. The molecule has 0 amide bonds. The zero-order chi connectivity index (χ0) is 21.5. The minimum atomic E-state index is 0.113. The van der Waals surface area contributed by atoms with Gasteiger partial charge in [0.05, 0.1) is 12.8 Å². The number of phenolic OH excluding ortho intramolecular Hbond substituents is 1. The van der Waals surface area contributed by atoms with E-state index in [9.17, 15) is 5.11 Å². The monoisotopic (exact) mass is 425 g/mol. The summed E-state index contributed by atoms with van der Waals surface area (Å²) >= 11 is 0. The Labute approximate surface area is 183 Å². The number of hydrogen-bond acceptors (Lipinski definition) is 9. The van der Waals surface area contributed by atoms with E-state index in [4.69, 9.17) is 9.72 Å². The van der Waals surface area contributed by atoms with Crippen molar-refractivity contribution in [1.82, 2.24) is 15.0 Å². The quantitative estimate of drug-likeness (QED) is 0.514. The maximum Gasteiger partial charge on any atom is 0.250 e. The lowest BCUT2D eigenvalue weighted by atomic mass is 10.1. The minimum Gasteiger partial charge on any atom is -0.504 e. The second-order valence-corrected chi connectivity index (χ2v) is 7.88. The van der Waals surface area contributed by atoms with Crippen LogP contribution >= 0.6 is 0 Å². The fourth-order valence-electron chi connectivity index (χ4n) is 3.92. The first-order valence-corrected chi connectivity index (χ1v) is 11.2. The van der Waals surface area contributed by atoms with Crippen LogP contribution in [0.15, 0.2) is 23.3 Å². The van der Waals surface area contributed by atoms with Crippen LogP contribution in [0.4, 0.5) is 17.8 Å². The Morgan fingerprint density at radius 2 is 1.58 bits per heavy atom. The molecule has 0 atom stereocenters. The average Bonchev–Trinajstić information content (AvgIpc) is 2.82. The molecule has 1 aromatic carbocycles. The van der Waals surface area contributed by atoms with Gasteiger partial charge in [0.15, 0.2) is 11.5 Å². The highest BCUT2D eigenvalue weighted by atomic mass is 16.5. The molecule has 2 aromatic rings. The van der Waals surface area contributed by atoms with Gasteiger partial charge < -0.3 is 19.6 Å². The first-order chi connectivity index (χ1) is 15.2. The maximum atomic E-state index is 9.86. The van der Waals surface area contributed by atoms with Gasteiger partial charge in [-0.05, 0) is 69.2 Å². The molecule has 0 radical (unpaired) electrons. The van der Waals surface area contributed by atoms with Crippen LogP contribution in [0.1, 0.15) is 51.0 Å². The van der Waals surface area contributed by atoms with Gasteiger partial charge in [-0.15, -0.1) is 0 Å². The zero-order valence-electron chi connectivity index (χ0n) is 18.1. The van der Waals surface area contributed by atoms with E-state index in [2.05, 4.69) is 30.3 Å². The highest BCUT2D eigenvalue weighted by Gasteiger charge is 2.20. The summed E-state index contributed by atoms with van der Waals surface area (Å²) in [5, 5.41) is 14.2. The number of ether oxygens (including phenoxy) is 1. The van der Waals surface area contributed by atoms with Crippen molar-refractivity contribution >= 4 is 24.1 Å². The van der Waals surface area contributed by atoms with E-state index in [1.54, 1.807) is 24.4 Å². The molecule has 31 heavy (non-hydrogen) atoms. The molecule has 0 aliphatic carbocycles. The Bertz CT molecular complexity index is 857. The number of anilines is 3. The summed E-state index contributed by atoms with van der Waals surface area (Å²) in [5.74, 6) is 2.43. The van der Waals surface area contributed by atoms with Crippen molar-refractivity contribution in [2.24, 2.45) is 5.10 Å². The van der Waals surface area contributed by atoms with Crippen molar-refractivity contribution < 1.29 is 9.84 Å². The zero-order valence-corrected chi connectivity index (χ0v) is 18.1. The third-order valence-electron chi connectivity index (χ3n) is 5.55. The highest BCUT2D eigenvalue weighted by molar-refractivity contribution is 5.81. The minimum absolute atomic E-state index is 0.113. The molecular weight excluding hydrogens is 394 g/mol. The maximum absolute atomic E-state index is 9.86. The van der Waals surface area contributed by atoms with Crippen LogP contribution in [-0.2, 0) is 0 Å². The number of aromatic hydroxyl groups is 1. The number of benzene rings is 1. The van der Waals surface area contributed by atoms with Gasteiger partial charge in [-0.2, -0.15) is 20.1 Å². The number of phenols is 1. The van der Waals surface area contributed by atoms with Crippen LogP contribution in [-0.4, -0.2) is 59.1 Å². The van der Waals surface area contributed by atoms with Crippen LogP contribution < -0.4 is 20.0 Å². The van der Waals surface area contributed by atoms with Crippen LogP contribution in [0.2, 0.25) is 0 Å². The first-order valence-electron chi connectivity index (χ1n) is 11.2. The lowest BCUT2D eigenvalue weighted by Gasteiger charge is -2.30. The van der Waals surface area contributed by atoms with Gasteiger partial charge in [-0.25, -0.2) is 5.43 Å². The van der Waals surface area contributed by atoms with E-state index in [-0.39, 0.29) is 5.75 Å². The Balaban J connectivity index is 1.53. The number of aromatic nitrogens is 3. The summed E-state index contributed by atoms with van der Waals surface area (Å²) < 4.78 is 5.43. The third-order valence-corrected chi connectivity index (χ3v) is 5.55. The molecule has 166 valence electrons. The molecule has 2 aliphatic heterocycles. The average molecular weight is 426 g/mol. The predicted octanol–water partition coefficient (Wildman–Crippen LogP) is 3.40. The number of nitrogens with one attached hydrogen (secondary N) is 1. The molecule has 0 saturated carbocycles. The molecular formula is C22H31N7O2. The van der Waals surface area contributed by atoms with Crippen LogP contribution in [0.25, 0.3) is 0 Å². The van der Waals surface area contributed by atoms with E-state index in [1.165, 1.54) is 12.8 Å². The Kier molecular flexibility index (Phi) is 7.01. The van der Waals surface area contributed by atoms with Crippen LogP contribution in [0, 0.1) is 0 Å². The van der Waals surface area contributed by atoms with Crippen molar-refractivity contribution in [2.45, 2.75) is 45.4 Å². The van der Waals surface area contributed by atoms with Crippen molar-refractivity contribution in [3.63, 3.8) is 0 Å². The molecule has 2 fully saturated rings. The molecule has 2 N–H and O–H groups in total. The summed E-state index contributed by atoms with van der Waals surface area (Å²) in [7, 11) is 0. The van der Waals surface area contributed by atoms with Crippen molar-refractivity contribution in [2.75, 3.05) is 48.0 Å². The molecule has 9 nitrogen and oxygen atoms in total. The summed E-state index contributed by atoms with van der Waals surface area (Å²) in [5.41, 5.74) is 3.77. The Morgan fingerprint density at radius 1 is 0.968 bits per heavy atom. The number of rotatable bonds is 7. The second kappa shape index (κ2) is 10.3. The van der Waals surface area contributed by atoms with Gasteiger partial charge in [0.2, 0.25) is 17.8 Å². The first kappa shape index (κ1) is 21.1. The fourth-order valence-corrected chi connectivity index (χ4v) is 3.92. The highest BCUT2D eigenvalue weighted by Crippen LogP contribution is 2.26. The lowest BCUT2D eigenvalue weighted by Crippen LogP contribution is -2.34. The number of hydrazone groups is 1. The molecule has 2 saturated heterocycles. The van der Waals surface area contributed by atoms with Crippen molar-refractivity contribution in [3.8, 4) is 11.5 Å². The Hall–Kier alpha value is -3.10. The van der Waals surface area contributed by atoms with E-state index < -0.39 is 0 Å². The molecule has 2 aliphatic rings. The summed E-state index contributed by atoms with van der Waals surface area (Å²) in [6, 6.07) is 5.11. The van der Waals surface area contributed by atoms with E-state index in [0.29, 0.717) is 18.3 Å². The number of piperidine rings is 2. The lowest BCUT2D eigenvalue weighted by molar-refractivity contribution is 0.318. The van der Waals surface area contributed by atoms with Crippen molar-refractivity contribution in [3.05, 3.63) is 23.8 Å². The van der Waals surface area contributed by atoms with Crippen LogP contribution in [0.3, 0.4) is 0 Å². The molecule has 0 spiro atoms. The largest absolute Gasteiger partial charge is 0.504 e. The van der Waals surface area contributed by atoms with Gasteiger partial charge in [0.25, 0.3) is 0 Å². The fraction of sp³-hybridized carbons (Fsp3) is 0.545. The SMILES string of the molecule is CCOc1cc(C=NNc2nc(N3CCCCC3)nc(N3CCCCC3)n2)ccc1O. The molecule has 9 heteroatoms. The summed E-state index contributed by atoms with van der Waals surface area (Å²) in [6.45, 7) is 6.25. The summed E-state index contributed by atoms with van der Waals surface area (Å²) in [6.07, 6.45) is 8.82. The van der Waals surface area contributed by atoms with Gasteiger partial charge in [-0.3, -0.25) is 0 Å². The van der Waals surface area contributed by atoms with E-state index >= 15 is 0 Å². The predicted molar refractivity (Wildman–Crippen MR) is 122 cm³/mol. The standard InChI is InChI=1S/C22H31N7O2/c1-2-31-19-15-17(9-10-18(19)30)16-23-27-20-24-21(28-11-5-3-6-12-28)26-22(25-20)29-13-7-4-8-14-29/h9-10,15-16,30H,2-8,11-14H2,1H3,(H,24,25,26,27). The molecule has 0 bridgehead atoms. The number of hydrogen-bond donors (Lipinski definition) is 2. The van der Waals surface area contributed by atoms with Crippen molar-refractivity contribution in [1.29, 1.82) is 0 Å². The molecule has 4 rings (SSSR count). The Morgan fingerprint density at radius 3 is 2.16 bits per heavy atom.